The minimum Gasteiger partial charge on any atom is -0.351 e. The van der Waals surface area contributed by atoms with Crippen LogP contribution in [0, 0.1) is 6.92 Å². The lowest BCUT2D eigenvalue weighted by Crippen LogP contribution is -2.40. The topological polar surface area (TPSA) is 72.9 Å². The molecule has 0 fully saturated rings. The highest BCUT2D eigenvalue weighted by atomic mass is 32.2. The number of nitrogens with two attached hydrogens (primary N) is 1. The van der Waals surface area contributed by atoms with Crippen LogP contribution < -0.4 is 11.1 Å². The normalized spacial score (nSPS) is 12.5. The molecular weight excluding hydrogens is 236 g/mol. The molecule has 3 N–H and O–H groups in total. The molecule has 17 heavy (non-hydrogen) atoms. The Morgan fingerprint density at radius 3 is 2.94 bits per heavy atom. The van der Waals surface area contributed by atoms with Crippen LogP contribution in [0.4, 0.5) is 0 Å². The standard InChI is InChI=1S/C11H20N4OS/c1-8-9(7-15(2)14-8)6-13-11(16)10(12)4-5-17-3/h7,10H,4-6,12H2,1-3H3,(H,13,16)/t10-/m0/s1. The summed E-state index contributed by atoms with van der Waals surface area (Å²) in [5, 5.41) is 7.05. The van der Waals surface area contributed by atoms with Gasteiger partial charge in [0.05, 0.1) is 11.7 Å². The van der Waals surface area contributed by atoms with Crippen molar-refractivity contribution in [1.29, 1.82) is 0 Å². The molecule has 0 saturated heterocycles. The first kappa shape index (κ1) is 14.1. The smallest absolute Gasteiger partial charge is 0.237 e. The van der Waals surface area contributed by atoms with Gasteiger partial charge in [0.2, 0.25) is 5.91 Å². The number of aryl methyl sites for hydroxylation is 2. The number of aromatic nitrogens is 2. The molecule has 0 unspecified atom stereocenters. The Labute approximate surface area is 106 Å². The monoisotopic (exact) mass is 256 g/mol. The molecule has 1 atom stereocenters. The molecule has 0 radical (unpaired) electrons. The van der Waals surface area contributed by atoms with Gasteiger partial charge in [-0.2, -0.15) is 16.9 Å². The van der Waals surface area contributed by atoms with E-state index >= 15 is 0 Å². The van der Waals surface area contributed by atoms with Gasteiger partial charge in [-0.3, -0.25) is 9.48 Å². The maximum atomic E-state index is 11.7. The van der Waals surface area contributed by atoms with E-state index in [2.05, 4.69) is 10.4 Å². The van der Waals surface area contributed by atoms with E-state index in [1.807, 2.05) is 26.4 Å². The fourth-order valence-corrected chi connectivity index (χ4v) is 2.00. The van der Waals surface area contributed by atoms with Crippen molar-refractivity contribution in [2.45, 2.75) is 25.9 Å². The molecule has 0 aliphatic carbocycles. The van der Waals surface area contributed by atoms with Crippen molar-refractivity contribution in [1.82, 2.24) is 15.1 Å². The second-order valence-electron chi connectivity index (χ2n) is 4.02. The molecule has 96 valence electrons. The summed E-state index contributed by atoms with van der Waals surface area (Å²) in [5.74, 6) is 0.808. The number of carbonyl (C=O) groups is 1. The molecule has 6 heteroatoms. The molecule has 5 nitrogen and oxygen atoms in total. The molecule has 0 aliphatic rings. The van der Waals surface area contributed by atoms with Crippen LogP contribution >= 0.6 is 11.8 Å². The Kier molecular flexibility index (Phi) is 5.50. The number of carbonyl (C=O) groups excluding carboxylic acids is 1. The van der Waals surface area contributed by atoms with Gasteiger partial charge in [0.15, 0.2) is 0 Å². The van der Waals surface area contributed by atoms with E-state index in [0.29, 0.717) is 13.0 Å². The van der Waals surface area contributed by atoms with E-state index in [1.54, 1.807) is 16.4 Å². The van der Waals surface area contributed by atoms with Crippen molar-refractivity contribution >= 4 is 17.7 Å². The number of thioether (sulfide) groups is 1. The van der Waals surface area contributed by atoms with Crippen molar-refractivity contribution in [3.63, 3.8) is 0 Å². The Balaban J connectivity index is 2.40. The van der Waals surface area contributed by atoms with Crippen molar-refractivity contribution in [2.75, 3.05) is 12.0 Å². The third kappa shape index (κ3) is 4.40. The highest BCUT2D eigenvalue weighted by Gasteiger charge is 2.13. The fourth-order valence-electron chi connectivity index (χ4n) is 1.51. The quantitative estimate of drug-likeness (QED) is 0.774. The Morgan fingerprint density at radius 1 is 1.71 bits per heavy atom. The van der Waals surface area contributed by atoms with Gasteiger partial charge in [0, 0.05) is 25.4 Å². The first-order chi connectivity index (χ1) is 8.04. The number of hydrogen-bond donors (Lipinski definition) is 2. The highest BCUT2D eigenvalue weighted by Crippen LogP contribution is 2.04. The van der Waals surface area contributed by atoms with Crippen LogP contribution in [-0.4, -0.2) is 33.7 Å². The van der Waals surface area contributed by atoms with Gasteiger partial charge in [-0.1, -0.05) is 0 Å². The molecule has 0 spiro atoms. The number of rotatable bonds is 6. The summed E-state index contributed by atoms with van der Waals surface area (Å²) in [6.07, 6.45) is 4.62. The SMILES string of the molecule is CSCC[C@H](N)C(=O)NCc1cn(C)nc1C. The van der Waals surface area contributed by atoms with E-state index in [4.69, 9.17) is 5.73 Å². The molecule has 1 rings (SSSR count). The van der Waals surface area contributed by atoms with E-state index in [9.17, 15) is 4.79 Å². The van der Waals surface area contributed by atoms with Crippen molar-refractivity contribution in [3.05, 3.63) is 17.5 Å². The van der Waals surface area contributed by atoms with Gasteiger partial charge in [-0.05, 0) is 25.4 Å². The maximum Gasteiger partial charge on any atom is 0.237 e. The summed E-state index contributed by atoms with van der Waals surface area (Å²) in [4.78, 5) is 11.7. The summed E-state index contributed by atoms with van der Waals surface area (Å²) in [7, 11) is 1.86. The Hall–Kier alpha value is -1.01. The summed E-state index contributed by atoms with van der Waals surface area (Å²) >= 11 is 1.69. The molecule has 0 saturated carbocycles. The molecule has 1 amide bonds. The van der Waals surface area contributed by atoms with Gasteiger partial charge in [-0.25, -0.2) is 0 Å². The molecule has 1 aromatic rings. The fraction of sp³-hybridized carbons (Fsp3) is 0.636. The molecule has 1 heterocycles. The van der Waals surface area contributed by atoms with Crippen LogP contribution in [0.5, 0.6) is 0 Å². The summed E-state index contributed by atoms with van der Waals surface area (Å²) in [6.45, 7) is 2.42. The zero-order chi connectivity index (χ0) is 12.8. The second kappa shape index (κ2) is 6.66. The van der Waals surface area contributed by atoms with Gasteiger partial charge in [0.1, 0.15) is 0 Å². The predicted octanol–water partition coefficient (Wildman–Crippen LogP) is 0.425. The summed E-state index contributed by atoms with van der Waals surface area (Å²) in [6, 6.07) is -0.417. The van der Waals surface area contributed by atoms with Crippen LogP contribution in [0.25, 0.3) is 0 Å². The van der Waals surface area contributed by atoms with E-state index in [-0.39, 0.29) is 5.91 Å². The van der Waals surface area contributed by atoms with Gasteiger partial charge in [-0.15, -0.1) is 0 Å². The average Bonchev–Trinajstić information content (AvgIpc) is 2.61. The van der Waals surface area contributed by atoms with Crippen LogP contribution in [0.3, 0.4) is 0 Å². The van der Waals surface area contributed by atoms with Gasteiger partial charge < -0.3 is 11.1 Å². The third-order valence-corrected chi connectivity index (χ3v) is 3.18. The Morgan fingerprint density at radius 2 is 2.41 bits per heavy atom. The molecule has 1 aromatic heterocycles. The average molecular weight is 256 g/mol. The van der Waals surface area contributed by atoms with E-state index in [1.165, 1.54) is 0 Å². The number of nitrogens with one attached hydrogen (secondary N) is 1. The first-order valence-corrected chi connectivity index (χ1v) is 6.95. The first-order valence-electron chi connectivity index (χ1n) is 5.56. The second-order valence-corrected chi connectivity index (χ2v) is 5.00. The van der Waals surface area contributed by atoms with Crippen molar-refractivity contribution in [3.8, 4) is 0 Å². The largest absolute Gasteiger partial charge is 0.351 e. The summed E-state index contributed by atoms with van der Waals surface area (Å²) < 4.78 is 1.74. The lowest BCUT2D eigenvalue weighted by atomic mass is 10.2. The van der Waals surface area contributed by atoms with Crippen LogP contribution in [0.15, 0.2) is 6.20 Å². The number of amides is 1. The lowest BCUT2D eigenvalue weighted by Gasteiger charge is -2.11. The lowest BCUT2D eigenvalue weighted by molar-refractivity contribution is -0.122. The molecule has 0 aromatic carbocycles. The zero-order valence-corrected chi connectivity index (χ0v) is 11.4. The van der Waals surface area contributed by atoms with Crippen LogP contribution in [-0.2, 0) is 18.4 Å². The van der Waals surface area contributed by atoms with Crippen LogP contribution in [0.2, 0.25) is 0 Å². The maximum absolute atomic E-state index is 11.7. The molecule has 0 bridgehead atoms. The van der Waals surface area contributed by atoms with Gasteiger partial charge in [0.25, 0.3) is 0 Å². The molecular formula is C11H20N4OS. The van der Waals surface area contributed by atoms with Crippen molar-refractivity contribution < 1.29 is 4.79 Å². The minimum absolute atomic E-state index is 0.0951. The number of nitrogens with zero attached hydrogens (tertiary/aromatic N) is 2. The van der Waals surface area contributed by atoms with E-state index in [0.717, 1.165) is 17.0 Å². The predicted molar refractivity (Wildman–Crippen MR) is 70.8 cm³/mol. The number of hydrogen-bond acceptors (Lipinski definition) is 4. The highest BCUT2D eigenvalue weighted by molar-refractivity contribution is 7.98. The van der Waals surface area contributed by atoms with Gasteiger partial charge >= 0.3 is 0 Å². The van der Waals surface area contributed by atoms with Crippen LogP contribution in [0.1, 0.15) is 17.7 Å². The van der Waals surface area contributed by atoms with E-state index < -0.39 is 6.04 Å². The summed E-state index contributed by atoms with van der Waals surface area (Å²) in [5.41, 5.74) is 7.73. The molecule has 0 aliphatic heterocycles. The zero-order valence-electron chi connectivity index (χ0n) is 10.6. The van der Waals surface area contributed by atoms with Crippen molar-refractivity contribution in [2.24, 2.45) is 12.8 Å². The third-order valence-electron chi connectivity index (χ3n) is 2.54. The minimum atomic E-state index is -0.417. The Bertz CT molecular complexity index is 378.